The topological polar surface area (TPSA) is 75.7 Å². The average molecular weight is 374 g/mol. The number of nitrogens with one attached hydrogen (secondary N) is 1. The van der Waals surface area contributed by atoms with Gasteiger partial charge in [0.05, 0.1) is 6.61 Å². The smallest absolute Gasteiger partial charge is 0.261 e. The fourth-order valence-corrected chi connectivity index (χ4v) is 3.37. The normalized spacial score (nSPS) is 13.0. The predicted octanol–water partition coefficient (Wildman–Crippen LogP) is 3.47. The number of rotatable bonds is 5. The first-order chi connectivity index (χ1) is 13.6. The largest absolute Gasteiger partial charge is 0.494 e. The second kappa shape index (κ2) is 7.15. The zero-order chi connectivity index (χ0) is 19.7. The molecule has 0 radical (unpaired) electrons. The van der Waals surface area contributed by atoms with Crippen molar-refractivity contribution >= 4 is 34.2 Å². The highest BCUT2D eigenvalue weighted by Gasteiger charge is 2.33. The summed E-state index contributed by atoms with van der Waals surface area (Å²) in [4.78, 5) is 39.1. The summed E-state index contributed by atoms with van der Waals surface area (Å²) < 4.78 is 5.37. The van der Waals surface area contributed by atoms with E-state index in [1.165, 1.54) is 0 Å². The molecule has 0 saturated heterocycles. The monoisotopic (exact) mass is 374 g/mol. The molecule has 0 saturated carbocycles. The van der Waals surface area contributed by atoms with Crippen LogP contribution in [0, 0.1) is 0 Å². The van der Waals surface area contributed by atoms with Gasteiger partial charge < -0.3 is 10.1 Å². The Kier molecular flexibility index (Phi) is 4.53. The van der Waals surface area contributed by atoms with E-state index in [1.807, 2.05) is 19.1 Å². The van der Waals surface area contributed by atoms with Crippen LogP contribution in [0.4, 0.5) is 5.69 Å². The number of amides is 3. The standard InChI is InChI=1S/C22H18N2O4/c1-2-28-16-11-9-15(10-12-16)23-19(25)13-24-21(26)17-7-3-5-14-6-4-8-18(20(14)17)22(24)27/h3-12H,2,13H2,1H3,(H,23,25). The molecule has 0 atom stereocenters. The van der Waals surface area contributed by atoms with Crippen LogP contribution in [0.3, 0.4) is 0 Å². The van der Waals surface area contributed by atoms with Gasteiger partial charge in [-0.05, 0) is 48.7 Å². The number of hydrogen-bond donors (Lipinski definition) is 1. The Hall–Kier alpha value is -3.67. The molecule has 0 fully saturated rings. The van der Waals surface area contributed by atoms with Crippen molar-refractivity contribution in [3.05, 3.63) is 71.8 Å². The van der Waals surface area contributed by atoms with E-state index >= 15 is 0 Å². The molecule has 0 bridgehead atoms. The van der Waals surface area contributed by atoms with E-state index < -0.39 is 17.7 Å². The van der Waals surface area contributed by atoms with E-state index in [1.54, 1.807) is 48.5 Å². The van der Waals surface area contributed by atoms with Crippen LogP contribution in [0.2, 0.25) is 0 Å². The van der Waals surface area contributed by atoms with Crippen molar-refractivity contribution in [1.29, 1.82) is 0 Å². The zero-order valence-corrected chi connectivity index (χ0v) is 15.3. The van der Waals surface area contributed by atoms with Gasteiger partial charge in [0.2, 0.25) is 5.91 Å². The van der Waals surface area contributed by atoms with Crippen molar-refractivity contribution in [2.75, 3.05) is 18.5 Å². The molecule has 3 aromatic rings. The molecule has 1 N–H and O–H groups in total. The molecule has 3 aromatic carbocycles. The van der Waals surface area contributed by atoms with Gasteiger partial charge in [0.15, 0.2) is 0 Å². The second-order valence-electron chi connectivity index (χ2n) is 6.41. The predicted molar refractivity (Wildman–Crippen MR) is 106 cm³/mol. The molecular weight excluding hydrogens is 356 g/mol. The summed E-state index contributed by atoms with van der Waals surface area (Å²) in [5.41, 5.74) is 1.43. The Morgan fingerprint density at radius 1 is 0.929 bits per heavy atom. The maximum absolute atomic E-state index is 12.8. The number of anilines is 1. The van der Waals surface area contributed by atoms with Crippen LogP contribution < -0.4 is 10.1 Å². The van der Waals surface area contributed by atoms with Crippen LogP contribution in [-0.4, -0.2) is 35.8 Å². The Balaban J connectivity index is 1.54. The van der Waals surface area contributed by atoms with Crippen molar-refractivity contribution < 1.29 is 19.1 Å². The van der Waals surface area contributed by atoms with E-state index in [-0.39, 0.29) is 6.54 Å². The van der Waals surface area contributed by atoms with Gasteiger partial charge >= 0.3 is 0 Å². The van der Waals surface area contributed by atoms with Gasteiger partial charge in [0, 0.05) is 22.2 Å². The van der Waals surface area contributed by atoms with E-state index in [0.717, 1.165) is 10.3 Å². The number of hydrogen-bond acceptors (Lipinski definition) is 4. The summed E-state index contributed by atoms with van der Waals surface area (Å²) in [5, 5.41) is 4.18. The highest BCUT2D eigenvalue weighted by atomic mass is 16.5. The summed E-state index contributed by atoms with van der Waals surface area (Å²) in [7, 11) is 0. The fraction of sp³-hybridized carbons (Fsp3) is 0.136. The first-order valence-corrected chi connectivity index (χ1v) is 8.99. The third-order valence-electron chi connectivity index (χ3n) is 4.61. The molecule has 6 nitrogen and oxygen atoms in total. The van der Waals surface area contributed by atoms with Crippen LogP contribution >= 0.6 is 0 Å². The third kappa shape index (κ3) is 3.09. The van der Waals surface area contributed by atoms with Gasteiger partial charge in [-0.15, -0.1) is 0 Å². The van der Waals surface area contributed by atoms with Crippen LogP contribution in [0.5, 0.6) is 5.75 Å². The molecule has 0 unspecified atom stereocenters. The van der Waals surface area contributed by atoms with E-state index in [4.69, 9.17) is 4.74 Å². The molecule has 28 heavy (non-hydrogen) atoms. The molecule has 1 aliphatic rings. The number of carbonyl (C=O) groups is 3. The molecule has 6 heteroatoms. The summed E-state index contributed by atoms with van der Waals surface area (Å²) in [6.45, 7) is 2.09. The van der Waals surface area contributed by atoms with Gasteiger partial charge in [0.1, 0.15) is 12.3 Å². The van der Waals surface area contributed by atoms with Gasteiger partial charge in [-0.1, -0.05) is 24.3 Å². The van der Waals surface area contributed by atoms with Crippen LogP contribution in [0.15, 0.2) is 60.7 Å². The average Bonchev–Trinajstić information content (AvgIpc) is 2.71. The number of imide groups is 1. The number of nitrogens with zero attached hydrogens (tertiary/aromatic N) is 1. The number of ether oxygens (including phenoxy) is 1. The van der Waals surface area contributed by atoms with E-state index in [2.05, 4.69) is 5.32 Å². The summed E-state index contributed by atoms with van der Waals surface area (Å²) >= 11 is 0. The third-order valence-corrected chi connectivity index (χ3v) is 4.61. The quantitative estimate of drug-likeness (QED) is 0.694. The van der Waals surface area contributed by atoms with Gasteiger partial charge in [0.25, 0.3) is 11.8 Å². The minimum absolute atomic E-state index is 0.352. The molecule has 0 spiro atoms. The fourth-order valence-electron chi connectivity index (χ4n) is 3.37. The van der Waals surface area contributed by atoms with Crippen molar-refractivity contribution in [3.8, 4) is 5.75 Å². The van der Waals surface area contributed by atoms with Crippen molar-refractivity contribution in [2.24, 2.45) is 0 Å². The van der Waals surface area contributed by atoms with E-state index in [0.29, 0.717) is 34.6 Å². The molecule has 1 aliphatic heterocycles. The molecule has 0 aromatic heterocycles. The second-order valence-corrected chi connectivity index (χ2v) is 6.41. The number of carbonyl (C=O) groups excluding carboxylic acids is 3. The Morgan fingerprint density at radius 2 is 1.54 bits per heavy atom. The van der Waals surface area contributed by atoms with E-state index in [9.17, 15) is 14.4 Å². The Bertz CT molecular complexity index is 1040. The maximum Gasteiger partial charge on any atom is 0.261 e. The zero-order valence-electron chi connectivity index (χ0n) is 15.3. The summed E-state index contributed by atoms with van der Waals surface area (Å²) in [5.74, 6) is -0.670. The van der Waals surface area contributed by atoms with Crippen LogP contribution in [-0.2, 0) is 4.79 Å². The highest BCUT2D eigenvalue weighted by Crippen LogP contribution is 2.29. The molecular formula is C22H18N2O4. The number of benzene rings is 3. The summed E-state index contributed by atoms with van der Waals surface area (Å²) in [6, 6.07) is 17.5. The molecule has 4 rings (SSSR count). The van der Waals surface area contributed by atoms with Crippen molar-refractivity contribution in [2.45, 2.75) is 6.92 Å². The molecule has 3 amide bonds. The van der Waals surface area contributed by atoms with Crippen LogP contribution in [0.25, 0.3) is 10.8 Å². The van der Waals surface area contributed by atoms with Crippen molar-refractivity contribution in [3.63, 3.8) is 0 Å². The molecule has 0 aliphatic carbocycles. The first-order valence-electron chi connectivity index (χ1n) is 8.99. The van der Waals surface area contributed by atoms with Gasteiger partial charge in [-0.25, -0.2) is 0 Å². The summed E-state index contributed by atoms with van der Waals surface area (Å²) in [6.07, 6.45) is 0. The molecule has 1 heterocycles. The molecule has 140 valence electrons. The lowest BCUT2D eigenvalue weighted by Gasteiger charge is -2.26. The lowest BCUT2D eigenvalue weighted by atomic mass is 9.94. The lowest BCUT2D eigenvalue weighted by Crippen LogP contribution is -2.44. The van der Waals surface area contributed by atoms with Gasteiger partial charge in [-0.3, -0.25) is 19.3 Å². The Labute approximate surface area is 161 Å². The van der Waals surface area contributed by atoms with Crippen molar-refractivity contribution in [1.82, 2.24) is 4.90 Å². The van der Waals surface area contributed by atoms with Crippen LogP contribution in [0.1, 0.15) is 27.6 Å². The lowest BCUT2D eigenvalue weighted by molar-refractivity contribution is -0.116. The maximum atomic E-state index is 12.8. The minimum atomic E-state index is -0.462. The van der Waals surface area contributed by atoms with Gasteiger partial charge in [-0.2, -0.15) is 0 Å². The highest BCUT2D eigenvalue weighted by molar-refractivity contribution is 6.26. The first kappa shape index (κ1) is 17.7. The SMILES string of the molecule is CCOc1ccc(NC(=O)CN2C(=O)c3cccc4cccc(c34)C2=O)cc1. The Morgan fingerprint density at radius 3 is 2.11 bits per heavy atom. The minimum Gasteiger partial charge on any atom is -0.494 e.